The first-order chi connectivity index (χ1) is 14.1. The Bertz CT molecular complexity index is 1280. The van der Waals surface area contributed by atoms with E-state index in [0.717, 1.165) is 11.1 Å². The zero-order valence-electron chi connectivity index (χ0n) is 15.5. The number of aromatic nitrogens is 2. The lowest BCUT2D eigenvalue weighted by Crippen LogP contribution is -2.12. The lowest BCUT2D eigenvalue weighted by atomic mass is 10.1. The van der Waals surface area contributed by atoms with Gasteiger partial charge in [0, 0.05) is 17.1 Å². The predicted molar refractivity (Wildman–Crippen MR) is 108 cm³/mol. The number of benzene rings is 2. The van der Waals surface area contributed by atoms with Gasteiger partial charge in [-0.25, -0.2) is 4.68 Å². The second-order valence-corrected chi connectivity index (χ2v) is 6.24. The molecule has 0 aliphatic carbocycles. The zero-order valence-corrected chi connectivity index (χ0v) is 15.5. The lowest BCUT2D eigenvalue weighted by Gasteiger charge is -1.99. The first-order valence-electron chi connectivity index (χ1n) is 8.74. The smallest absolute Gasteiger partial charge is 0.259 e. The number of nitrogens with two attached hydrogens (primary N) is 1. The summed E-state index contributed by atoms with van der Waals surface area (Å²) in [5.74, 6) is 0.271. The Hall–Kier alpha value is -4.31. The Morgan fingerprint density at radius 1 is 1.24 bits per heavy atom. The molecule has 142 valence electrons. The van der Waals surface area contributed by atoms with E-state index in [2.05, 4.69) is 5.10 Å². The molecule has 1 amide bonds. The van der Waals surface area contributed by atoms with Crippen LogP contribution in [0.5, 0.6) is 5.75 Å². The molecule has 0 aliphatic rings. The summed E-state index contributed by atoms with van der Waals surface area (Å²) in [6.45, 7) is 0. The van der Waals surface area contributed by atoms with Crippen molar-refractivity contribution in [2.75, 3.05) is 7.11 Å². The van der Waals surface area contributed by atoms with Crippen LogP contribution in [-0.2, 0) is 4.79 Å². The van der Waals surface area contributed by atoms with Crippen LogP contribution in [0.4, 0.5) is 0 Å². The molecule has 2 N–H and O–H groups in total. The van der Waals surface area contributed by atoms with Crippen LogP contribution < -0.4 is 10.5 Å². The summed E-state index contributed by atoms with van der Waals surface area (Å²) in [7, 11) is 1.57. The van der Waals surface area contributed by atoms with Crippen molar-refractivity contribution in [3.63, 3.8) is 0 Å². The summed E-state index contributed by atoms with van der Waals surface area (Å²) in [5, 5.41) is 14.7. The van der Waals surface area contributed by atoms with Crippen LogP contribution in [0.25, 0.3) is 34.2 Å². The number of carbonyl (C=O) groups excluding carboxylic acids is 1. The van der Waals surface area contributed by atoms with Crippen LogP contribution in [0.2, 0.25) is 0 Å². The van der Waals surface area contributed by atoms with Crippen molar-refractivity contribution < 1.29 is 13.9 Å². The maximum Gasteiger partial charge on any atom is 0.259 e. The fraction of sp³-hybridized carbons (Fsp3) is 0.0455. The second kappa shape index (κ2) is 7.37. The van der Waals surface area contributed by atoms with E-state index in [9.17, 15) is 10.1 Å². The topological polar surface area (TPSA) is 107 Å². The van der Waals surface area contributed by atoms with E-state index in [1.54, 1.807) is 24.1 Å². The molecule has 0 unspecified atom stereocenters. The number of amides is 1. The summed E-state index contributed by atoms with van der Waals surface area (Å²) >= 11 is 0. The van der Waals surface area contributed by atoms with Gasteiger partial charge in [0.15, 0.2) is 17.1 Å². The van der Waals surface area contributed by atoms with Crippen molar-refractivity contribution in [3.8, 4) is 29.0 Å². The van der Waals surface area contributed by atoms with E-state index in [1.165, 1.54) is 6.08 Å². The molecular formula is C22H16N4O3. The highest BCUT2D eigenvalue weighted by molar-refractivity contribution is 6.01. The monoisotopic (exact) mass is 384 g/mol. The maximum absolute atomic E-state index is 11.5. The van der Waals surface area contributed by atoms with Crippen LogP contribution in [0.15, 0.2) is 70.8 Å². The number of rotatable bonds is 5. The molecule has 7 heteroatoms. The van der Waals surface area contributed by atoms with Gasteiger partial charge in [0.1, 0.15) is 17.3 Å². The van der Waals surface area contributed by atoms with Gasteiger partial charge in [0.25, 0.3) is 5.91 Å². The number of nitriles is 1. The number of carbonyl (C=O) groups is 1. The summed E-state index contributed by atoms with van der Waals surface area (Å²) in [5.41, 5.74) is 7.54. The largest absolute Gasteiger partial charge is 0.493 e. The number of methoxy groups -OCH3 is 1. The van der Waals surface area contributed by atoms with E-state index < -0.39 is 5.91 Å². The number of hydrogen-bond donors (Lipinski definition) is 1. The maximum atomic E-state index is 11.5. The van der Waals surface area contributed by atoms with Gasteiger partial charge in [-0.15, -0.1) is 0 Å². The Balaban J connectivity index is 1.93. The highest BCUT2D eigenvalue weighted by Gasteiger charge is 2.18. The van der Waals surface area contributed by atoms with Gasteiger partial charge in [-0.05, 0) is 30.3 Å². The number of fused-ring (bicyclic) bond motifs is 1. The SMILES string of the molecule is COc1cccc2cc(-c3nn(-c4ccccc4)cc3/C=C(/C#N)C(N)=O)oc12. The third kappa shape index (κ3) is 3.35. The number of ether oxygens (including phenoxy) is 1. The second-order valence-electron chi connectivity index (χ2n) is 6.24. The fourth-order valence-electron chi connectivity index (χ4n) is 3.03. The van der Waals surface area contributed by atoms with Crippen LogP contribution in [0, 0.1) is 11.3 Å². The van der Waals surface area contributed by atoms with Gasteiger partial charge in [0.05, 0.1) is 12.8 Å². The number of primary amides is 1. The van der Waals surface area contributed by atoms with E-state index in [1.807, 2.05) is 54.6 Å². The summed E-state index contributed by atoms with van der Waals surface area (Å²) < 4.78 is 13.0. The Morgan fingerprint density at radius 2 is 2.03 bits per heavy atom. The van der Waals surface area contributed by atoms with Crippen molar-refractivity contribution in [3.05, 3.63) is 71.9 Å². The molecule has 2 heterocycles. The summed E-state index contributed by atoms with van der Waals surface area (Å²) in [6.07, 6.45) is 3.13. The molecule has 0 fully saturated rings. The number of hydrogen-bond acceptors (Lipinski definition) is 5. The quantitative estimate of drug-likeness (QED) is 0.417. The summed E-state index contributed by atoms with van der Waals surface area (Å²) in [4.78, 5) is 11.5. The van der Waals surface area contributed by atoms with Crippen LogP contribution in [-0.4, -0.2) is 22.8 Å². The van der Waals surface area contributed by atoms with Gasteiger partial charge in [0.2, 0.25) is 0 Å². The highest BCUT2D eigenvalue weighted by atomic mass is 16.5. The van der Waals surface area contributed by atoms with Gasteiger partial charge in [-0.3, -0.25) is 4.79 Å². The van der Waals surface area contributed by atoms with Gasteiger partial charge >= 0.3 is 0 Å². The van der Waals surface area contributed by atoms with Crippen molar-refractivity contribution >= 4 is 23.0 Å². The Morgan fingerprint density at radius 3 is 2.72 bits per heavy atom. The molecule has 4 rings (SSSR count). The van der Waals surface area contributed by atoms with E-state index >= 15 is 0 Å². The van der Waals surface area contributed by atoms with Crippen LogP contribution in [0.1, 0.15) is 5.56 Å². The molecule has 0 spiro atoms. The zero-order chi connectivity index (χ0) is 20.4. The first kappa shape index (κ1) is 18.1. The van der Waals surface area contributed by atoms with Crippen LogP contribution in [0.3, 0.4) is 0 Å². The van der Waals surface area contributed by atoms with E-state index in [4.69, 9.17) is 14.9 Å². The fourth-order valence-corrected chi connectivity index (χ4v) is 3.03. The molecule has 4 aromatic rings. The molecular weight excluding hydrogens is 368 g/mol. The third-order valence-corrected chi connectivity index (χ3v) is 4.41. The lowest BCUT2D eigenvalue weighted by molar-refractivity contribution is -0.114. The van der Waals surface area contributed by atoms with Crippen molar-refractivity contribution in [2.24, 2.45) is 5.73 Å². The van der Waals surface area contributed by atoms with E-state index in [0.29, 0.717) is 28.4 Å². The standard InChI is InChI=1S/C22H16N4O3/c1-28-18-9-5-6-14-11-19(29-21(14)18)20-16(10-15(12-23)22(24)27)13-26(25-20)17-7-3-2-4-8-17/h2-11,13H,1H3,(H2,24,27)/b15-10-. The normalized spacial score (nSPS) is 11.4. The van der Waals surface area contributed by atoms with Crippen molar-refractivity contribution in [2.45, 2.75) is 0 Å². The van der Waals surface area contributed by atoms with E-state index in [-0.39, 0.29) is 5.57 Å². The molecule has 0 atom stereocenters. The van der Waals surface area contributed by atoms with Crippen molar-refractivity contribution in [1.29, 1.82) is 5.26 Å². The minimum Gasteiger partial charge on any atom is -0.493 e. The molecule has 0 bridgehead atoms. The molecule has 2 aromatic carbocycles. The highest BCUT2D eigenvalue weighted by Crippen LogP contribution is 2.35. The molecule has 0 radical (unpaired) electrons. The average molecular weight is 384 g/mol. The summed E-state index contributed by atoms with van der Waals surface area (Å²) in [6, 6.07) is 18.7. The first-order valence-corrected chi connectivity index (χ1v) is 8.74. The predicted octanol–water partition coefficient (Wildman–Crippen LogP) is 3.69. The van der Waals surface area contributed by atoms with Crippen LogP contribution >= 0.6 is 0 Å². The molecule has 0 saturated heterocycles. The number of furan rings is 1. The molecule has 2 aromatic heterocycles. The van der Waals surface area contributed by atoms with Gasteiger partial charge in [-0.2, -0.15) is 10.4 Å². The Labute approximate surface area is 166 Å². The van der Waals surface area contributed by atoms with Crippen molar-refractivity contribution in [1.82, 2.24) is 9.78 Å². The minimum absolute atomic E-state index is 0.174. The number of nitrogens with zero attached hydrogens (tertiary/aromatic N) is 3. The molecule has 0 aliphatic heterocycles. The average Bonchev–Trinajstić information content (AvgIpc) is 3.36. The Kier molecular flexibility index (Phi) is 4.59. The molecule has 29 heavy (non-hydrogen) atoms. The number of para-hydroxylation sites is 2. The van der Waals surface area contributed by atoms with Gasteiger partial charge in [-0.1, -0.05) is 30.3 Å². The molecule has 0 saturated carbocycles. The van der Waals surface area contributed by atoms with Gasteiger partial charge < -0.3 is 14.9 Å². The molecule has 7 nitrogen and oxygen atoms in total. The minimum atomic E-state index is -0.808. The third-order valence-electron chi connectivity index (χ3n) is 4.41.